The molecule has 0 aliphatic carbocycles. The van der Waals surface area contributed by atoms with Crippen LogP contribution in [-0.4, -0.2) is 25.2 Å². The lowest BCUT2D eigenvalue weighted by Gasteiger charge is -2.07. The predicted octanol–water partition coefficient (Wildman–Crippen LogP) is 2.33. The number of carbonyl (C=O) groups excluding carboxylic acids is 2. The van der Waals surface area contributed by atoms with Gasteiger partial charge in [0.05, 0.1) is 13.2 Å². The van der Waals surface area contributed by atoms with Gasteiger partial charge in [0.15, 0.2) is 0 Å². The molecule has 0 aromatic heterocycles. The summed E-state index contributed by atoms with van der Waals surface area (Å²) in [6.07, 6.45) is 4.90. The first kappa shape index (κ1) is 15.7. The van der Waals surface area contributed by atoms with E-state index in [0.29, 0.717) is 18.3 Å². The number of carbonyl (C=O) groups is 2. The Hall–Kier alpha value is -1.32. The molecule has 0 spiro atoms. The maximum absolute atomic E-state index is 11.1. The molecule has 4 heteroatoms. The Labute approximate surface area is 103 Å². The summed E-state index contributed by atoms with van der Waals surface area (Å²) in [4.78, 5) is 22.0. The average Bonchev–Trinajstić information content (AvgIpc) is 2.26. The van der Waals surface area contributed by atoms with E-state index in [1.807, 2.05) is 6.92 Å². The molecule has 4 nitrogen and oxygen atoms in total. The van der Waals surface area contributed by atoms with E-state index in [-0.39, 0.29) is 13.2 Å². The Morgan fingerprint density at radius 2 is 1.65 bits per heavy atom. The summed E-state index contributed by atoms with van der Waals surface area (Å²) in [5.41, 5.74) is 0. The molecule has 1 unspecified atom stereocenters. The minimum Gasteiger partial charge on any atom is -0.458 e. The maximum atomic E-state index is 11.1. The van der Waals surface area contributed by atoms with Crippen LogP contribution in [0.4, 0.5) is 0 Å². The summed E-state index contributed by atoms with van der Waals surface area (Å²) < 4.78 is 9.30. The third kappa shape index (κ3) is 8.48. The van der Waals surface area contributed by atoms with Crippen LogP contribution in [0.5, 0.6) is 0 Å². The van der Waals surface area contributed by atoms with E-state index in [4.69, 9.17) is 4.74 Å². The lowest BCUT2D eigenvalue weighted by molar-refractivity contribution is -0.167. The van der Waals surface area contributed by atoms with Crippen molar-refractivity contribution in [1.29, 1.82) is 0 Å². The van der Waals surface area contributed by atoms with Gasteiger partial charge in [-0.1, -0.05) is 32.9 Å². The second-order valence-electron chi connectivity index (χ2n) is 4.25. The molecule has 0 N–H and O–H groups in total. The van der Waals surface area contributed by atoms with Gasteiger partial charge in [-0.2, -0.15) is 0 Å². The highest BCUT2D eigenvalue weighted by molar-refractivity contribution is 6.29. The summed E-state index contributed by atoms with van der Waals surface area (Å²) in [5, 5.41) is 0. The van der Waals surface area contributed by atoms with Crippen LogP contribution in [-0.2, 0) is 19.1 Å². The minimum atomic E-state index is -0.919. The highest BCUT2D eigenvalue weighted by Crippen LogP contribution is 2.06. The molecule has 98 valence electrons. The van der Waals surface area contributed by atoms with Crippen molar-refractivity contribution in [2.24, 2.45) is 11.8 Å². The standard InChI is InChI=1S/C13H22O4/c1-5-16-12(14)13(15)17-9-8-11(4)7-6-10(2)3/h6-7,10-11H,5,8-9H2,1-4H3. The van der Waals surface area contributed by atoms with Gasteiger partial charge in [-0.25, -0.2) is 9.59 Å². The molecular weight excluding hydrogens is 220 g/mol. The van der Waals surface area contributed by atoms with E-state index in [1.54, 1.807) is 6.92 Å². The third-order valence-corrected chi connectivity index (χ3v) is 2.07. The largest absolute Gasteiger partial charge is 0.458 e. The Kier molecular flexibility index (Phi) is 8.11. The molecule has 0 aliphatic rings. The quantitative estimate of drug-likeness (QED) is 0.407. The van der Waals surface area contributed by atoms with E-state index in [0.717, 1.165) is 0 Å². The Morgan fingerprint density at radius 3 is 2.18 bits per heavy atom. The van der Waals surface area contributed by atoms with Gasteiger partial charge in [0, 0.05) is 0 Å². The molecule has 0 aromatic rings. The average molecular weight is 242 g/mol. The van der Waals surface area contributed by atoms with E-state index in [9.17, 15) is 9.59 Å². The molecule has 0 saturated carbocycles. The van der Waals surface area contributed by atoms with Gasteiger partial charge in [0.25, 0.3) is 0 Å². The van der Waals surface area contributed by atoms with Crippen molar-refractivity contribution < 1.29 is 19.1 Å². The number of hydrogen-bond acceptors (Lipinski definition) is 4. The third-order valence-electron chi connectivity index (χ3n) is 2.07. The van der Waals surface area contributed by atoms with E-state index >= 15 is 0 Å². The number of esters is 2. The van der Waals surface area contributed by atoms with Crippen molar-refractivity contribution in [3.05, 3.63) is 12.2 Å². The molecule has 0 fully saturated rings. The summed E-state index contributed by atoms with van der Waals surface area (Å²) >= 11 is 0. The second-order valence-corrected chi connectivity index (χ2v) is 4.25. The molecule has 1 atom stereocenters. The van der Waals surface area contributed by atoms with Crippen LogP contribution >= 0.6 is 0 Å². The van der Waals surface area contributed by atoms with Crippen molar-refractivity contribution in [1.82, 2.24) is 0 Å². The molecule has 0 radical (unpaired) electrons. The zero-order valence-electron chi connectivity index (χ0n) is 11.1. The first-order chi connectivity index (χ1) is 7.97. The van der Waals surface area contributed by atoms with Crippen LogP contribution in [0.3, 0.4) is 0 Å². The predicted molar refractivity (Wildman–Crippen MR) is 65.4 cm³/mol. The monoisotopic (exact) mass is 242 g/mol. The topological polar surface area (TPSA) is 52.6 Å². The summed E-state index contributed by atoms with van der Waals surface area (Å²) in [5.74, 6) is -0.989. The van der Waals surface area contributed by atoms with Crippen molar-refractivity contribution in [3.63, 3.8) is 0 Å². The Bertz CT molecular complexity index is 269. The molecule has 0 aliphatic heterocycles. The molecule has 0 saturated heterocycles. The number of ether oxygens (including phenoxy) is 2. The van der Waals surface area contributed by atoms with Crippen LogP contribution in [0.2, 0.25) is 0 Å². The number of allylic oxidation sites excluding steroid dienone is 2. The van der Waals surface area contributed by atoms with Crippen LogP contribution in [0.1, 0.15) is 34.1 Å². The molecule has 0 bridgehead atoms. The first-order valence-corrected chi connectivity index (χ1v) is 5.99. The molecule has 0 aromatic carbocycles. The van der Waals surface area contributed by atoms with Crippen LogP contribution < -0.4 is 0 Å². The van der Waals surface area contributed by atoms with Gasteiger partial charge >= 0.3 is 11.9 Å². The fourth-order valence-electron chi connectivity index (χ4n) is 1.09. The van der Waals surface area contributed by atoms with Crippen LogP contribution in [0, 0.1) is 11.8 Å². The fraction of sp³-hybridized carbons (Fsp3) is 0.692. The van der Waals surface area contributed by atoms with Crippen molar-refractivity contribution >= 4 is 11.9 Å². The maximum Gasteiger partial charge on any atom is 0.417 e. The van der Waals surface area contributed by atoms with E-state index < -0.39 is 11.9 Å². The van der Waals surface area contributed by atoms with Gasteiger partial charge in [-0.05, 0) is 25.2 Å². The van der Waals surface area contributed by atoms with Crippen LogP contribution in [0.15, 0.2) is 12.2 Å². The highest BCUT2D eigenvalue weighted by Gasteiger charge is 2.16. The van der Waals surface area contributed by atoms with Gasteiger partial charge in [-0.15, -0.1) is 0 Å². The lowest BCUT2D eigenvalue weighted by atomic mass is 10.1. The molecule has 0 amide bonds. The molecule has 17 heavy (non-hydrogen) atoms. The Morgan fingerprint density at radius 1 is 1.06 bits per heavy atom. The second kappa shape index (κ2) is 8.79. The smallest absolute Gasteiger partial charge is 0.417 e. The number of rotatable bonds is 6. The van der Waals surface area contributed by atoms with Gasteiger partial charge < -0.3 is 9.47 Å². The zero-order chi connectivity index (χ0) is 13.3. The molecule has 0 heterocycles. The van der Waals surface area contributed by atoms with E-state index in [1.165, 1.54) is 0 Å². The highest BCUT2D eigenvalue weighted by atomic mass is 16.6. The van der Waals surface area contributed by atoms with Crippen molar-refractivity contribution in [3.8, 4) is 0 Å². The summed E-state index contributed by atoms with van der Waals surface area (Å²) in [6, 6.07) is 0. The summed E-state index contributed by atoms with van der Waals surface area (Å²) in [6.45, 7) is 8.30. The van der Waals surface area contributed by atoms with Crippen molar-refractivity contribution in [2.45, 2.75) is 34.1 Å². The number of hydrogen-bond donors (Lipinski definition) is 0. The SMILES string of the molecule is CCOC(=O)C(=O)OCCC(C)C=CC(C)C. The van der Waals surface area contributed by atoms with E-state index in [2.05, 4.69) is 30.7 Å². The summed E-state index contributed by atoms with van der Waals surface area (Å²) in [7, 11) is 0. The van der Waals surface area contributed by atoms with Crippen molar-refractivity contribution in [2.75, 3.05) is 13.2 Å². The fourth-order valence-corrected chi connectivity index (χ4v) is 1.09. The zero-order valence-corrected chi connectivity index (χ0v) is 11.1. The minimum absolute atomic E-state index is 0.182. The normalized spacial score (nSPS) is 12.8. The van der Waals surface area contributed by atoms with Gasteiger partial charge in [0.1, 0.15) is 0 Å². The van der Waals surface area contributed by atoms with Crippen LogP contribution in [0.25, 0.3) is 0 Å². The Balaban J connectivity index is 3.76. The van der Waals surface area contributed by atoms with Gasteiger partial charge in [0.2, 0.25) is 0 Å². The lowest BCUT2D eigenvalue weighted by Crippen LogP contribution is -2.21. The first-order valence-electron chi connectivity index (χ1n) is 5.99. The van der Waals surface area contributed by atoms with Gasteiger partial charge in [-0.3, -0.25) is 0 Å². The molecule has 0 rings (SSSR count). The molecular formula is C13H22O4.